The first kappa shape index (κ1) is 12.7. The molecule has 0 aliphatic carbocycles. The molecule has 16 heavy (non-hydrogen) atoms. The Morgan fingerprint density at radius 1 is 0.875 bits per heavy atom. The maximum atomic E-state index is 12.7. The monoisotopic (exact) mass is 250 g/mol. The molecule has 1 rings (SSSR count). The van der Waals surface area contributed by atoms with E-state index in [1.54, 1.807) is 0 Å². The second kappa shape index (κ2) is 3.91. The van der Waals surface area contributed by atoms with Crippen molar-refractivity contribution in [3.63, 3.8) is 0 Å². The van der Waals surface area contributed by atoms with Crippen molar-refractivity contribution < 1.29 is 35.1 Å². The summed E-state index contributed by atoms with van der Waals surface area (Å²) >= 11 is 0. The fraction of sp³-hybridized carbons (Fsp3) is 0.250. The molecular weight excluding hydrogens is 248 g/mol. The minimum Gasteiger partial charge on any atom is -0.232 e. The van der Waals surface area contributed by atoms with Gasteiger partial charge in [-0.3, -0.25) is 0 Å². The Balaban J connectivity index is 3.36. The molecule has 0 aliphatic heterocycles. The van der Waals surface area contributed by atoms with Crippen molar-refractivity contribution >= 4 is 0 Å². The number of hydrogen-bond donors (Lipinski definition) is 0. The largest absolute Gasteiger partial charge is 0.424 e. The highest BCUT2D eigenvalue weighted by Crippen LogP contribution is 2.38. The number of rotatable bonds is 1. The highest BCUT2D eigenvalue weighted by Gasteiger charge is 2.44. The summed E-state index contributed by atoms with van der Waals surface area (Å²) in [5.74, 6) is -9.28. The molecule has 0 saturated heterocycles. The van der Waals surface area contributed by atoms with E-state index < -0.39 is 41.2 Å². The molecule has 0 aromatic heterocycles. The van der Waals surface area contributed by atoms with Gasteiger partial charge in [0.25, 0.3) is 0 Å². The minimum absolute atomic E-state index is 0.369. The van der Waals surface area contributed by atoms with Gasteiger partial charge in [-0.15, -0.1) is 0 Å². The van der Waals surface area contributed by atoms with Crippen LogP contribution in [0.4, 0.5) is 35.1 Å². The SMILES string of the molecule is Fc1cc(C(F)C(F)(F)F)c(F)c(F)c1F. The Kier molecular flexibility index (Phi) is 3.11. The third kappa shape index (κ3) is 2.10. The summed E-state index contributed by atoms with van der Waals surface area (Å²) in [5, 5.41) is 0. The second-order valence-corrected chi connectivity index (χ2v) is 2.79. The van der Waals surface area contributed by atoms with Crippen LogP contribution in [0.5, 0.6) is 0 Å². The van der Waals surface area contributed by atoms with Gasteiger partial charge in [-0.25, -0.2) is 22.0 Å². The van der Waals surface area contributed by atoms with Crippen molar-refractivity contribution in [2.24, 2.45) is 0 Å². The molecule has 0 spiro atoms. The van der Waals surface area contributed by atoms with Crippen molar-refractivity contribution in [3.05, 3.63) is 34.9 Å². The molecule has 90 valence electrons. The molecule has 0 nitrogen and oxygen atoms in total. The normalized spacial score (nSPS) is 14.0. The van der Waals surface area contributed by atoms with Crippen molar-refractivity contribution in [3.8, 4) is 0 Å². The lowest BCUT2D eigenvalue weighted by molar-refractivity contribution is -0.183. The van der Waals surface area contributed by atoms with Crippen molar-refractivity contribution in [2.45, 2.75) is 12.3 Å². The van der Waals surface area contributed by atoms with E-state index in [1.165, 1.54) is 0 Å². The third-order valence-electron chi connectivity index (χ3n) is 1.69. The van der Waals surface area contributed by atoms with Crippen LogP contribution < -0.4 is 0 Å². The first-order valence-corrected chi connectivity index (χ1v) is 3.70. The van der Waals surface area contributed by atoms with Gasteiger partial charge in [0.05, 0.1) is 0 Å². The topological polar surface area (TPSA) is 0 Å². The Hall–Kier alpha value is -1.34. The van der Waals surface area contributed by atoms with Gasteiger partial charge in [0, 0.05) is 5.56 Å². The summed E-state index contributed by atoms with van der Waals surface area (Å²) in [4.78, 5) is 0. The lowest BCUT2D eigenvalue weighted by atomic mass is 10.1. The van der Waals surface area contributed by atoms with E-state index in [2.05, 4.69) is 0 Å². The maximum Gasteiger partial charge on any atom is 0.424 e. The van der Waals surface area contributed by atoms with Gasteiger partial charge in [0.2, 0.25) is 6.17 Å². The van der Waals surface area contributed by atoms with Crippen molar-refractivity contribution in [2.75, 3.05) is 0 Å². The highest BCUT2D eigenvalue weighted by atomic mass is 19.4. The van der Waals surface area contributed by atoms with Crippen molar-refractivity contribution in [1.82, 2.24) is 0 Å². The Labute approximate surface area is 83.5 Å². The molecule has 0 N–H and O–H groups in total. The van der Waals surface area contributed by atoms with Crippen LogP contribution >= 0.6 is 0 Å². The average molecular weight is 250 g/mol. The molecule has 0 bridgehead atoms. The lowest BCUT2D eigenvalue weighted by Crippen LogP contribution is -2.19. The van der Waals surface area contributed by atoms with Gasteiger partial charge >= 0.3 is 6.18 Å². The quantitative estimate of drug-likeness (QED) is 0.404. The van der Waals surface area contributed by atoms with E-state index in [-0.39, 0.29) is 6.07 Å². The van der Waals surface area contributed by atoms with Crippen LogP contribution in [0.3, 0.4) is 0 Å². The first-order valence-electron chi connectivity index (χ1n) is 3.70. The second-order valence-electron chi connectivity index (χ2n) is 2.79. The minimum atomic E-state index is -5.53. The smallest absolute Gasteiger partial charge is 0.232 e. The maximum absolute atomic E-state index is 12.7. The van der Waals surface area contributed by atoms with E-state index in [0.717, 1.165) is 0 Å². The van der Waals surface area contributed by atoms with Crippen LogP contribution in [0.15, 0.2) is 6.07 Å². The summed E-state index contributed by atoms with van der Waals surface area (Å²) in [6, 6.07) is -0.369. The van der Waals surface area contributed by atoms with Gasteiger partial charge in [-0.1, -0.05) is 0 Å². The predicted molar refractivity (Wildman–Crippen MR) is 36.2 cm³/mol. The molecule has 1 aromatic carbocycles. The molecule has 8 heteroatoms. The third-order valence-corrected chi connectivity index (χ3v) is 1.69. The van der Waals surface area contributed by atoms with Gasteiger partial charge < -0.3 is 0 Å². The predicted octanol–water partition coefficient (Wildman–Crippen LogP) is 3.82. The van der Waals surface area contributed by atoms with Crippen LogP contribution in [0.2, 0.25) is 0 Å². The fourth-order valence-electron chi connectivity index (χ4n) is 0.952. The zero-order valence-electron chi connectivity index (χ0n) is 7.18. The average Bonchev–Trinajstić information content (AvgIpc) is 2.18. The summed E-state index contributed by atoms with van der Waals surface area (Å²) in [5.41, 5.74) is -1.93. The highest BCUT2D eigenvalue weighted by molar-refractivity contribution is 5.24. The number of hydrogen-bond acceptors (Lipinski definition) is 0. The molecule has 1 aromatic rings. The van der Waals surface area contributed by atoms with E-state index in [1.807, 2.05) is 0 Å². The fourth-order valence-corrected chi connectivity index (χ4v) is 0.952. The number of alkyl halides is 4. The van der Waals surface area contributed by atoms with Crippen LogP contribution in [-0.4, -0.2) is 6.18 Å². The molecule has 1 unspecified atom stereocenters. The Morgan fingerprint density at radius 2 is 1.38 bits per heavy atom. The summed E-state index contributed by atoms with van der Waals surface area (Å²) in [6.07, 6.45) is -9.45. The lowest BCUT2D eigenvalue weighted by Gasteiger charge is -2.13. The molecule has 0 fully saturated rings. The van der Waals surface area contributed by atoms with Gasteiger partial charge in [0.15, 0.2) is 23.3 Å². The van der Waals surface area contributed by atoms with Crippen LogP contribution in [0, 0.1) is 23.3 Å². The van der Waals surface area contributed by atoms with Gasteiger partial charge in [-0.05, 0) is 6.07 Å². The Morgan fingerprint density at radius 3 is 1.81 bits per heavy atom. The molecular formula is C8H2F8. The summed E-state index contributed by atoms with van der Waals surface area (Å²) in [6.45, 7) is 0. The van der Waals surface area contributed by atoms with Gasteiger partial charge in [-0.2, -0.15) is 13.2 Å². The zero-order chi connectivity index (χ0) is 12.7. The van der Waals surface area contributed by atoms with Crippen LogP contribution in [0.1, 0.15) is 11.7 Å². The van der Waals surface area contributed by atoms with Crippen LogP contribution in [0.25, 0.3) is 0 Å². The molecule has 1 atom stereocenters. The first-order chi connectivity index (χ1) is 7.16. The van der Waals surface area contributed by atoms with Crippen LogP contribution in [-0.2, 0) is 0 Å². The van der Waals surface area contributed by atoms with Gasteiger partial charge in [0.1, 0.15) is 0 Å². The summed E-state index contributed by atoms with van der Waals surface area (Å²) in [7, 11) is 0. The standard InChI is InChI=1S/C8H2F8/c9-3-1-2(7(13)8(14,15)16)4(10)6(12)5(3)11/h1,7H. The molecule has 0 saturated carbocycles. The zero-order valence-corrected chi connectivity index (χ0v) is 7.18. The molecule has 0 radical (unpaired) electrons. The molecule has 0 heterocycles. The summed E-state index contributed by atoms with van der Waals surface area (Å²) < 4.78 is 97.9. The Bertz CT molecular complexity index is 407. The number of benzene rings is 1. The van der Waals surface area contributed by atoms with Crippen molar-refractivity contribution in [1.29, 1.82) is 0 Å². The molecule has 0 aliphatic rings. The number of halogens is 8. The molecule has 0 amide bonds. The van der Waals surface area contributed by atoms with E-state index in [9.17, 15) is 35.1 Å². The van der Waals surface area contributed by atoms with E-state index >= 15 is 0 Å². The van der Waals surface area contributed by atoms with E-state index in [0.29, 0.717) is 0 Å². The van der Waals surface area contributed by atoms with E-state index in [4.69, 9.17) is 0 Å².